The fourth-order valence-corrected chi connectivity index (χ4v) is 3.05. The van der Waals surface area contributed by atoms with Crippen LogP contribution < -0.4 is 10.6 Å². The fraction of sp³-hybridized carbons (Fsp3) is 0.688. The van der Waals surface area contributed by atoms with Crippen molar-refractivity contribution in [3.63, 3.8) is 0 Å². The van der Waals surface area contributed by atoms with Crippen LogP contribution in [-0.4, -0.2) is 63.0 Å². The zero-order valence-corrected chi connectivity index (χ0v) is 13.3. The van der Waals surface area contributed by atoms with Crippen LogP contribution in [0.3, 0.4) is 0 Å². The van der Waals surface area contributed by atoms with E-state index in [1.165, 1.54) is 0 Å². The molecule has 2 aliphatic rings. The lowest BCUT2D eigenvalue weighted by atomic mass is 10.1. The second-order valence-electron chi connectivity index (χ2n) is 5.92. The molecule has 0 aromatic carbocycles. The Morgan fingerprint density at radius 3 is 2.65 bits per heavy atom. The molecule has 0 spiro atoms. The molecule has 1 unspecified atom stereocenters. The molecule has 2 amide bonds. The van der Waals surface area contributed by atoms with Crippen LogP contribution >= 0.6 is 0 Å². The number of nitrogens with zero attached hydrogens (tertiary/aromatic N) is 1. The average molecular weight is 323 g/mol. The number of hydrogen-bond acceptors (Lipinski definition) is 5. The maximum absolute atomic E-state index is 12.1. The van der Waals surface area contributed by atoms with Crippen LogP contribution in [0.2, 0.25) is 0 Å². The van der Waals surface area contributed by atoms with Crippen LogP contribution in [0, 0.1) is 0 Å². The molecule has 7 nitrogen and oxygen atoms in total. The summed E-state index contributed by atoms with van der Waals surface area (Å²) in [6.45, 7) is 5.06. The molecular formula is C16H25N3O4. The number of hydrogen-bond donors (Lipinski definition) is 2. The Hall–Kier alpha value is -1.57. The Bertz CT molecular complexity index is 468. The topological polar surface area (TPSA) is 76.0 Å². The van der Waals surface area contributed by atoms with E-state index in [1.807, 2.05) is 12.1 Å². The third-order valence-corrected chi connectivity index (χ3v) is 4.37. The van der Waals surface area contributed by atoms with Crippen molar-refractivity contribution in [1.82, 2.24) is 15.5 Å². The minimum absolute atomic E-state index is 0.0364. The van der Waals surface area contributed by atoms with Gasteiger partial charge in [-0.15, -0.1) is 0 Å². The number of furan rings is 1. The molecule has 2 aliphatic heterocycles. The summed E-state index contributed by atoms with van der Waals surface area (Å²) in [7, 11) is 0. The first-order valence-corrected chi connectivity index (χ1v) is 8.30. The van der Waals surface area contributed by atoms with E-state index in [0.29, 0.717) is 33.0 Å². The first-order valence-electron chi connectivity index (χ1n) is 8.30. The Morgan fingerprint density at radius 1 is 1.22 bits per heavy atom. The Morgan fingerprint density at radius 2 is 1.96 bits per heavy atom. The van der Waals surface area contributed by atoms with Crippen molar-refractivity contribution in [3.05, 3.63) is 24.2 Å². The van der Waals surface area contributed by atoms with E-state index in [0.717, 1.165) is 31.7 Å². The molecule has 2 saturated heterocycles. The molecule has 1 aromatic rings. The Labute approximate surface area is 136 Å². The summed E-state index contributed by atoms with van der Waals surface area (Å²) in [6.07, 6.45) is 3.42. The van der Waals surface area contributed by atoms with Gasteiger partial charge in [0, 0.05) is 38.9 Å². The van der Waals surface area contributed by atoms with Gasteiger partial charge in [-0.25, -0.2) is 4.79 Å². The number of carbonyl (C=O) groups is 1. The SMILES string of the molecule is O=C(NCC(c1ccco1)N1CCOCC1)NC1CCOCC1. The summed E-state index contributed by atoms with van der Waals surface area (Å²) in [6, 6.07) is 3.95. The molecule has 128 valence electrons. The monoisotopic (exact) mass is 323 g/mol. The molecule has 0 bridgehead atoms. The molecule has 2 fully saturated rings. The largest absolute Gasteiger partial charge is 0.468 e. The number of ether oxygens (including phenoxy) is 2. The van der Waals surface area contributed by atoms with Gasteiger partial charge in [0.2, 0.25) is 0 Å². The van der Waals surface area contributed by atoms with Gasteiger partial charge in [0.05, 0.1) is 25.5 Å². The van der Waals surface area contributed by atoms with Gasteiger partial charge >= 0.3 is 6.03 Å². The lowest BCUT2D eigenvalue weighted by Crippen LogP contribution is -2.48. The third-order valence-electron chi connectivity index (χ3n) is 4.37. The van der Waals surface area contributed by atoms with Crippen molar-refractivity contribution in [2.75, 3.05) is 46.1 Å². The van der Waals surface area contributed by atoms with E-state index in [-0.39, 0.29) is 18.1 Å². The smallest absolute Gasteiger partial charge is 0.315 e. The summed E-state index contributed by atoms with van der Waals surface area (Å²) >= 11 is 0. The van der Waals surface area contributed by atoms with Gasteiger partial charge in [-0.1, -0.05) is 0 Å². The minimum Gasteiger partial charge on any atom is -0.468 e. The molecular weight excluding hydrogens is 298 g/mol. The molecule has 23 heavy (non-hydrogen) atoms. The third kappa shape index (κ3) is 4.70. The zero-order chi connectivity index (χ0) is 15.9. The summed E-state index contributed by atoms with van der Waals surface area (Å²) < 4.78 is 16.3. The summed E-state index contributed by atoms with van der Waals surface area (Å²) in [5.74, 6) is 0.873. The van der Waals surface area contributed by atoms with Crippen LogP contribution in [0.4, 0.5) is 4.79 Å². The first-order chi connectivity index (χ1) is 11.3. The van der Waals surface area contributed by atoms with Crippen molar-refractivity contribution in [1.29, 1.82) is 0 Å². The fourth-order valence-electron chi connectivity index (χ4n) is 3.05. The van der Waals surface area contributed by atoms with Gasteiger partial charge in [0.15, 0.2) is 0 Å². The molecule has 7 heteroatoms. The minimum atomic E-state index is -0.123. The van der Waals surface area contributed by atoms with E-state index in [2.05, 4.69) is 15.5 Å². The van der Waals surface area contributed by atoms with Crippen LogP contribution in [0.1, 0.15) is 24.6 Å². The molecule has 1 atom stereocenters. The number of nitrogens with one attached hydrogen (secondary N) is 2. The second-order valence-corrected chi connectivity index (χ2v) is 5.92. The molecule has 0 radical (unpaired) electrons. The van der Waals surface area contributed by atoms with E-state index < -0.39 is 0 Å². The quantitative estimate of drug-likeness (QED) is 0.849. The van der Waals surface area contributed by atoms with Crippen LogP contribution in [0.5, 0.6) is 0 Å². The van der Waals surface area contributed by atoms with E-state index in [1.54, 1.807) is 6.26 Å². The van der Waals surface area contributed by atoms with Crippen LogP contribution in [0.15, 0.2) is 22.8 Å². The Balaban J connectivity index is 1.52. The summed E-state index contributed by atoms with van der Waals surface area (Å²) in [5.41, 5.74) is 0. The standard InChI is InChI=1S/C16H25N3O4/c20-16(18-13-3-8-21-9-4-13)17-12-14(15-2-1-7-23-15)19-5-10-22-11-6-19/h1-2,7,13-14H,3-6,8-12H2,(H2,17,18,20). The lowest BCUT2D eigenvalue weighted by Gasteiger charge is -2.33. The highest BCUT2D eigenvalue weighted by molar-refractivity contribution is 5.74. The predicted octanol–water partition coefficient (Wildman–Crippen LogP) is 1.13. The van der Waals surface area contributed by atoms with Crippen molar-refractivity contribution >= 4 is 6.03 Å². The Kier molecular flexibility index (Phi) is 5.90. The van der Waals surface area contributed by atoms with Gasteiger partial charge in [-0.2, -0.15) is 0 Å². The molecule has 2 N–H and O–H groups in total. The summed E-state index contributed by atoms with van der Waals surface area (Å²) in [5, 5.41) is 6.00. The predicted molar refractivity (Wildman–Crippen MR) is 84.2 cm³/mol. The number of morpholine rings is 1. The van der Waals surface area contributed by atoms with Gasteiger partial charge < -0.3 is 24.5 Å². The lowest BCUT2D eigenvalue weighted by molar-refractivity contribution is 0.0122. The van der Waals surface area contributed by atoms with Gasteiger partial charge in [0.1, 0.15) is 5.76 Å². The number of carbonyl (C=O) groups excluding carboxylic acids is 1. The van der Waals surface area contributed by atoms with Crippen molar-refractivity contribution in [2.24, 2.45) is 0 Å². The number of rotatable bonds is 5. The van der Waals surface area contributed by atoms with Gasteiger partial charge in [-0.05, 0) is 25.0 Å². The van der Waals surface area contributed by atoms with Crippen molar-refractivity contribution in [3.8, 4) is 0 Å². The van der Waals surface area contributed by atoms with Gasteiger partial charge in [-0.3, -0.25) is 4.90 Å². The van der Waals surface area contributed by atoms with Crippen LogP contribution in [0.25, 0.3) is 0 Å². The van der Waals surface area contributed by atoms with E-state index >= 15 is 0 Å². The highest BCUT2D eigenvalue weighted by Crippen LogP contribution is 2.21. The normalized spacial score (nSPS) is 21.7. The molecule has 0 saturated carbocycles. The van der Waals surface area contributed by atoms with E-state index in [4.69, 9.17) is 13.9 Å². The van der Waals surface area contributed by atoms with E-state index in [9.17, 15) is 4.79 Å². The second kappa shape index (κ2) is 8.33. The van der Waals surface area contributed by atoms with Gasteiger partial charge in [0.25, 0.3) is 0 Å². The molecule has 0 aliphatic carbocycles. The van der Waals surface area contributed by atoms with Crippen molar-refractivity contribution in [2.45, 2.75) is 24.9 Å². The average Bonchev–Trinajstić information content (AvgIpc) is 3.11. The molecule has 3 rings (SSSR count). The highest BCUT2D eigenvalue weighted by atomic mass is 16.5. The maximum Gasteiger partial charge on any atom is 0.315 e. The maximum atomic E-state index is 12.1. The molecule has 3 heterocycles. The van der Waals surface area contributed by atoms with Crippen molar-refractivity contribution < 1.29 is 18.7 Å². The number of amides is 2. The first kappa shape index (κ1) is 16.3. The summed E-state index contributed by atoms with van der Waals surface area (Å²) in [4.78, 5) is 14.4. The number of urea groups is 1. The zero-order valence-electron chi connectivity index (χ0n) is 13.3. The van der Waals surface area contributed by atoms with Crippen LogP contribution in [-0.2, 0) is 9.47 Å². The molecule has 1 aromatic heterocycles. The highest BCUT2D eigenvalue weighted by Gasteiger charge is 2.25.